The van der Waals surface area contributed by atoms with Crippen molar-refractivity contribution in [3.63, 3.8) is 0 Å². The molecule has 0 heterocycles. The van der Waals surface area contributed by atoms with Crippen LogP contribution >= 0.6 is 0 Å². The molecule has 0 aromatic heterocycles. The molecule has 0 radical (unpaired) electrons. The molecular weight excluding hydrogens is 283 g/mol. The Bertz CT molecular complexity index is 506. The molecule has 0 saturated carbocycles. The van der Waals surface area contributed by atoms with Crippen molar-refractivity contribution in [1.82, 2.24) is 4.90 Å². The van der Waals surface area contributed by atoms with Crippen LogP contribution in [0.15, 0.2) is 24.3 Å². The molecule has 0 atom stereocenters. The summed E-state index contributed by atoms with van der Waals surface area (Å²) in [7, 11) is 1.54. The summed E-state index contributed by atoms with van der Waals surface area (Å²) >= 11 is 0. The molecule has 0 unspecified atom stereocenters. The van der Waals surface area contributed by atoms with Crippen LogP contribution in [0.1, 0.15) is 18.4 Å². The Kier molecular flexibility index (Phi) is 6.18. The fourth-order valence-electron chi connectivity index (χ4n) is 1.57. The zero-order valence-electron chi connectivity index (χ0n) is 11.6. The number of hydrogen-bond donors (Lipinski definition) is 1. The van der Waals surface area contributed by atoms with E-state index < -0.39 is 12.6 Å². The lowest BCUT2D eigenvalue weighted by molar-refractivity contribution is -0.137. The summed E-state index contributed by atoms with van der Waals surface area (Å²) in [6.45, 7) is 0.117. The van der Waals surface area contributed by atoms with Gasteiger partial charge in [0.25, 0.3) is 0 Å². The molecule has 0 aliphatic carbocycles. The molecule has 0 aliphatic rings. The van der Waals surface area contributed by atoms with Gasteiger partial charge in [0, 0.05) is 25.2 Å². The molecule has 0 spiro atoms. The number of halogens is 3. The van der Waals surface area contributed by atoms with E-state index in [4.69, 9.17) is 5.26 Å². The lowest BCUT2D eigenvalue weighted by Crippen LogP contribution is -2.28. The van der Waals surface area contributed by atoms with Gasteiger partial charge in [-0.1, -0.05) is 0 Å². The zero-order valence-corrected chi connectivity index (χ0v) is 11.6. The van der Waals surface area contributed by atoms with Crippen LogP contribution in [0.4, 0.5) is 18.9 Å². The Morgan fingerprint density at radius 1 is 1.29 bits per heavy atom. The summed E-state index contributed by atoms with van der Waals surface area (Å²) in [4.78, 5) is 13.1. The van der Waals surface area contributed by atoms with Gasteiger partial charge in [-0.15, -0.1) is 0 Å². The van der Waals surface area contributed by atoms with Crippen LogP contribution in [-0.4, -0.2) is 37.1 Å². The molecule has 21 heavy (non-hydrogen) atoms. The van der Waals surface area contributed by atoms with Gasteiger partial charge in [-0.3, -0.25) is 4.79 Å². The number of nitrogens with one attached hydrogen (secondary N) is 1. The number of alkyl halides is 3. The highest BCUT2D eigenvalue weighted by atomic mass is 19.4. The lowest BCUT2D eigenvalue weighted by Gasteiger charge is -2.17. The van der Waals surface area contributed by atoms with E-state index in [0.717, 1.165) is 0 Å². The molecule has 0 fully saturated rings. The number of hydrogen-bond acceptors (Lipinski definition) is 3. The third-order valence-corrected chi connectivity index (χ3v) is 2.80. The molecule has 4 nitrogen and oxygen atoms in total. The van der Waals surface area contributed by atoms with E-state index in [1.165, 1.54) is 4.90 Å². The van der Waals surface area contributed by atoms with Gasteiger partial charge < -0.3 is 10.2 Å². The minimum absolute atomic E-state index is 0.106. The highest BCUT2D eigenvalue weighted by molar-refractivity contribution is 5.90. The minimum Gasteiger partial charge on any atom is -0.326 e. The van der Waals surface area contributed by atoms with Gasteiger partial charge in [0.15, 0.2) is 0 Å². The maximum Gasteiger partial charge on any atom is 0.390 e. The van der Waals surface area contributed by atoms with E-state index >= 15 is 0 Å². The molecular formula is C14H16F3N3O. The molecule has 0 saturated heterocycles. The second-order valence-electron chi connectivity index (χ2n) is 4.66. The molecule has 1 N–H and O–H groups in total. The summed E-state index contributed by atoms with van der Waals surface area (Å²) in [6.07, 6.45) is -4.96. The molecule has 1 rings (SSSR count). The summed E-state index contributed by atoms with van der Waals surface area (Å²) in [5, 5.41) is 11.3. The number of carbonyl (C=O) groups is 1. The fourth-order valence-corrected chi connectivity index (χ4v) is 1.57. The van der Waals surface area contributed by atoms with Crippen molar-refractivity contribution in [1.29, 1.82) is 5.26 Å². The standard InChI is InChI=1S/C14H16F3N3O/c1-20(9-7-14(15,16)17)8-6-13(21)19-12-4-2-11(10-18)3-5-12/h2-5H,6-9H2,1H3,(H,19,21). The summed E-state index contributed by atoms with van der Waals surface area (Å²) in [5.41, 5.74) is 1.04. The van der Waals surface area contributed by atoms with Crippen LogP contribution in [0, 0.1) is 11.3 Å². The zero-order chi connectivity index (χ0) is 15.9. The number of benzene rings is 1. The molecule has 7 heteroatoms. The molecule has 0 aliphatic heterocycles. The van der Waals surface area contributed by atoms with Gasteiger partial charge in [-0.25, -0.2) is 0 Å². The van der Waals surface area contributed by atoms with E-state index in [0.29, 0.717) is 11.3 Å². The van der Waals surface area contributed by atoms with Crippen LogP contribution in [0.5, 0.6) is 0 Å². The third kappa shape index (κ3) is 7.32. The minimum atomic E-state index is -4.18. The first-order valence-electron chi connectivity index (χ1n) is 6.35. The number of carbonyl (C=O) groups excluding carboxylic acids is 1. The van der Waals surface area contributed by atoms with E-state index in [1.54, 1.807) is 31.3 Å². The average molecular weight is 299 g/mol. The van der Waals surface area contributed by atoms with Gasteiger partial charge in [-0.05, 0) is 31.3 Å². The Morgan fingerprint density at radius 2 is 1.90 bits per heavy atom. The van der Waals surface area contributed by atoms with Crippen molar-refractivity contribution in [2.24, 2.45) is 0 Å². The van der Waals surface area contributed by atoms with Gasteiger partial charge in [0.2, 0.25) is 5.91 Å². The largest absolute Gasteiger partial charge is 0.390 e. The predicted octanol–water partition coefficient (Wildman–Crippen LogP) is 2.77. The maximum atomic E-state index is 12.0. The van der Waals surface area contributed by atoms with E-state index in [1.807, 2.05) is 6.07 Å². The Balaban J connectivity index is 2.32. The second-order valence-corrected chi connectivity index (χ2v) is 4.66. The maximum absolute atomic E-state index is 12.0. The average Bonchev–Trinajstić information content (AvgIpc) is 2.43. The monoisotopic (exact) mass is 299 g/mol. The normalized spacial score (nSPS) is 11.2. The van der Waals surface area contributed by atoms with Crippen molar-refractivity contribution in [3.05, 3.63) is 29.8 Å². The van der Waals surface area contributed by atoms with E-state index in [9.17, 15) is 18.0 Å². The van der Waals surface area contributed by atoms with Crippen LogP contribution in [0.25, 0.3) is 0 Å². The molecule has 1 aromatic rings. The van der Waals surface area contributed by atoms with Crippen molar-refractivity contribution < 1.29 is 18.0 Å². The SMILES string of the molecule is CN(CCC(=O)Nc1ccc(C#N)cc1)CCC(F)(F)F. The number of amides is 1. The van der Waals surface area contributed by atoms with Crippen LogP contribution in [0.2, 0.25) is 0 Å². The first-order chi connectivity index (χ1) is 9.80. The predicted molar refractivity (Wildman–Crippen MR) is 72.6 cm³/mol. The first kappa shape index (κ1) is 17.0. The number of anilines is 1. The van der Waals surface area contributed by atoms with Crippen molar-refractivity contribution >= 4 is 11.6 Å². The quantitative estimate of drug-likeness (QED) is 0.878. The van der Waals surface area contributed by atoms with Gasteiger partial charge in [0.05, 0.1) is 18.1 Å². The van der Waals surface area contributed by atoms with Crippen molar-refractivity contribution in [2.75, 3.05) is 25.5 Å². The highest BCUT2D eigenvalue weighted by Crippen LogP contribution is 2.19. The summed E-state index contributed by atoms with van der Waals surface area (Å²) in [6, 6.07) is 8.31. The van der Waals surface area contributed by atoms with Crippen LogP contribution < -0.4 is 5.32 Å². The second kappa shape index (κ2) is 7.64. The lowest BCUT2D eigenvalue weighted by atomic mass is 10.2. The Hall–Kier alpha value is -2.07. The fraction of sp³-hybridized carbons (Fsp3) is 0.429. The third-order valence-electron chi connectivity index (χ3n) is 2.80. The van der Waals surface area contributed by atoms with E-state index in [-0.39, 0.29) is 25.4 Å². The summed E-state index contributed by atoms with van der Waals surface area (Å²) < 4.78 is 36.1. The van der Waals surface area contributed by atoms with Gasteiger partial charge >= 0.3 is 6.18 Å². The van der Waals surface area contributed by atoms with Crippen LogP contribution in [0.3, 0.4) is 0 Å². The molecule has 1 aromatic carbocycles. The Morgan fingerprint density at radius 3 is 2.43 bits per heavy atom. The van der Waals surface area contributed by atoms with Gasteiger partial charge in [0.1, 0.15) is 0 Å². The molecule has 114 valence electrons. The molecule has 0 bridgehead atoms. The number of nitrogens with zero attached hydrogens (tertiary/aromatic N) is 2. The topological polar surface area (TPSA) is 56.1 Å². The van der Waals surface area contributed by atoms with Crippen molar-refractivity contribution in [3.8, 4) is 6.07 Å². The highest BCUT2D eigenvalue weighted by Gasteiger charge is 2.27. The first-order valence-corrected chi connectivity index (χ1v) is 6.35. The van der Waals surface area contributed by atoms with E-state index in [2.05, 4.69) is 5.32 Å². The van der Waals surface area contributed by atoms with Gasteiger partial charge in [-0.2, -0.15) is 18.4 Å². The Labute approximate surface area is 121 Å². The van der Waals surface area contributed by atoms with Crippen molar-refractivity contribution in [2.45, 2.75) is 19.0 Å². The number of rotatable bonds is 6. The van der Waals surface area contributed by atoms with Crippen LogP contribution in [-0.2, 0) is 4.79 Å². The molecule has 1 amide bonds. The number of nitriles is 1. The summed E-state index contributed by atoms with van der Waals surface area (Å²) in [5.74, 6) is -0.279. The smallest absolute Gasteiger partial charge is 0.326 e.